The molecule has 1 amide bonds. The van der Waals surface area contributed by atoms with E-state index in [1.54, 1.807) is 15.1 Å². The summed E-state index contributed by atoms with van der Waals surface area (Å²) in [6.07, 6.45) is 2.00. The van der Waals surface area contributed by atoms with Gasteiger partial charge in [-0.25, -0.2) is 4.31 Å². The van der Waals surface area contributed by atoms with Crippen LogP contribution in [0.4, 0.5) is 0 Å². The number of nitrogens with zero attached hydrogens (tertiary/aromatic N) is 2. The zero-order chi connectivity index (χ0) is 7.56. The Labute approximate surface area is 78.8 Å². The Kier molecular flexibility index (Phi) is 3.25. The molecule has 0 unspecified atom stereocenters. The number of hydrogen-bond donors (Lipinski definition) is 0. The lowest BCUT2D eigenvalue weighted by molar-refractivity contribution is -0.127. The number of carbonyl (C=O) groups excluding carboxylic acids is 1. The Hall–Kier alpha value is 0.510. The third-order valence-electron chi connectivity index (χ3n) is 1.39. The van der Waals surface area contributed by atoms with Gasteiger partial charge in [0.1, 0.15) is 0 Å². The van der Waals surface area contributed by atoms with Crippen molar-refractivity contribution in [3.8, 4) is 0 Å². The normalized spacial score (nSPS) is 21.8. The Morgan fingerprint density at radius 1 is 1.60 bits per heavy atom. The molecule has 1 aliphatic rings. The van der Waals surface area contributed by atoms with Crippen molar-refractivity contribution in [3.63, 3.8) is 0 Å². The van der Waals surface area contributed by atoms with Gasteiger partial charge < -0.3 is 0 Å². The first kappa shape index (κ1) is 8.61. The van der Waals surface area contributed by atoms with Crippen LogP contribution in [0, 0.1) is 0 Å². The van der Waals surface area contributed by atoms with Gasteiger partial charge in [0.2, 0.25) is 5.91 Å². The predicted molar refractivity (Wildman–Crippen MR) is 50.8 cm³/mol. The molecule has 0 atom stereocenters. The number of carbonyl (C=O) groups is 1. The van der Waals surface area contributed by atoms with E-state index in [2.05, 4.69) is 27.2 Å². The lowest BCUT2D eigenvalue weighted by Crippen LogP contribution is -2.42. The van der Waals surface area contributed by atoms with Crippen molar-refractivity contribution in [1.29, 1.82) is 0 Å². The van der Waals surface area contributed by atoms with E-state index < -0.39 is 0 Å². The molecule has 0 N–H and O–H groups in total. The molecule has 0 aromatic heterocycles. The fourth-order valence-corrected chi connectivity index (χ4v) is 1.66. The molecule has 0 saturated carbocycles. The van der Waals surface area contributed by atoms with Crippen molar-refractivity contribution in [2.24, 2.45) is 0 Å². The van der Waals surface area contributed by atoms with Gasteiger partial charge in [0, 0.05) is 13.1 Å². The van der Waals surface area contributed by atoms with Crippen molar-refractivity contribution >= 4 is 40.7 Å². The minimum atomic E-state index is 0.209. The maximum atomic E-state index is 11.0. The highest BCUT2D eigenvalue weighted by Crippen LogP contribution is 2.13. The molecule has 0 aromatic rings. The highest BCUT2D eigenvalue weighted by atomic mass is 127. The van der Waals surface area contributed by atoms with E-state index in [0.29, 0.717) is 6.54 Å². The molecule has 1 saturated heterocycles. The fraction of sp³-hybridized carbons (Fsp3) is 0.800. The van der Waals surface area contributed by atoms with Gasteiger partial charge >= 0.3 is 0 Å². The van der Waals surface area contributed by atoms with Crippen molar-refractivity contribution < 1.29 is 4.79 Å². The molecule has 10 heavy (non-hydrogen) atoms. The number of piperazine rings is 1. The summed E-state index contributed by atoms with van der Waals surface area (Å²) in [6, 6.07) is 0. The molecule has 5 heteroatoms. The van der Waals surface area contributed by atoms with Crippen LogP contribution >= 0.6 is 34.8 Å². The molecule has 0 bridgehead atoms. The zero-order valence-corrected chi connectivity index (χ0v) is 8.68. The molecule has 1 aliphatic heterocycles. The molecule has 0 spiro atoms. The van der Waals surface area contributed by atoms with Crippen molar-refractivity contribution in [2.45, 2.75) is 0 Å². The van der Waals surface area contributed by atoms with Crippen LogP contribution in [-0.4, -0.2) is 39.2 Å². The van der Waals surface area contributed by atoms with Crippen LogP contribution in [-0.2, 0) is 4.79 Å². The second-order valence-corrected chi connectivity index (χ2v) is 4.07. The quantitative estimate of drug-likeness (QED) is 0.400. The van der Waals surface area contributed by atoms with E-state index in [1.807, 2.05) is 6.26 Å². The van der Waals surface area contributed by atoms with Gasteiger partial charge in [0.25, 0.3) is 0 Å². The maximum absolute atomic E-state index is 11.0. The van der Waals surface area contributed by atoms with E-state index in [1.165, 1.54) is 0 Å². The van der Waals surface area contributed by atoms with E-state index in [0.717, 1.165) is 13.1 Å². The minimum absolute atomic E-state index is 0.209. The highest BCUT2D eigenvalue weighted by Gasteiger charge is 2.20. The molecule has 58 valence electrons. The molecule has 0 radical (unpaired) electrons. The summed E-state index contributed by atoms with van der Waals surface area (Å²) >= 11 is 3.69. The fourth-order valence-electron chi connectivity index (χ4n) is 0.787. The molecular formula is C5H9IN2OS. The van der Waals surface area contributed by atoms with Gasteiger partial charge in [-0.3, -0.25) is 7.91 Å². The summed E-state index contributed by atoms with van der Waals surface area (Å²) in [6.45, 7) is 2.39. The summed E-state index contributed by atoms with van der Waals surface area (Å²) in [4.78, 5) is 11.0. The summed E-state index contributed by atoms with van der Waals surface area (Å²) in [5.74, 6) is 0.209. The lowest BCUT2D eigenvalue weighted by atomic mass is 10.4. The second kappa shape index (κ2) is 3.77. The smallest absolute Gasteiger partial charge is 0.246 e. The molecule has 1 fully saturated rings. The zero-order valence-electron chi connectivity index (χ0n) is 5.71. The van der Waals surface area contributed by atoms with Gasteiger partial charge in [-0.2, -0.15) is 0 Å². The minimum Gasteiger partial charge on any atom is -0.283 e. The van der Waals surface area contributed by atoms with Gasteiger partial charge in [0.15, 0.2) is 0 Å². The summed E-state index contributed by atoms with van der Waals surface area (Å²) in [7, 11) is 0. The molecule has 1 heterocycles. The number of halogens is 1. The van der Waals surface area contributed by atoms with Crippen LogP contribution in [0.3, 0.4) is 0 Å². The van der Waals surface area contributed by atoms with Crippen molar-refractivity contribution in [1.82, 2.24) is 7.42 Å². The van der Waals surface area contributed by atoms with Gasteiger partial charge in [0.05, 0.1) is 29.4 Å². The van der Waals surface area contributed by atoms with Crippen molar-refractivity contribution in [3.05, 3.63) is 0 Å². The number of amides is 1. The average molecular weight is 272 g/mol. The van der Waals surface area contributed by atoms with Gasteiger partial charge in [-0.1, -0.05) is 11.9 Å². The SMILES string of the molecule is CSN1CCN(I)C(=O)C1. The third-order valence-corrected chi connectivity index (χ3v) is 3.23. The van der Waals surface area contributed by atoms with E-state index >= 15 is 0 Å². The summed E-state index contributed by atoms with van der Waals surface area (Å²) in [5, 5.41) is 0. The first-order valence-electron chi connectivity index (χ1n) is 2.99. The topological polar surface area (TPSA) is 23.6 Å². The monoisotopic (exact) mass is 272 g/mol. The molecule has 0 aliphatic carbocycles. The molecule has 3 nitrogen and oxygen atoms in total. The van der Waals surface area contributed by atoms with Gasteiger partial charge in [-0.05, 0) is 6.26 Å². The van der Waals surface area contributed by atoms with Crippen LogP contribution < -0.4 is 0 Å². The standard InChI is InChI=1S/C5H9IN2OS/c1-10-7-2-3-8(6)5(9)4-7/h2-4H2,1H3. The number of rotatable bonds is 1. The van der Waals surface area contributed by atoms with Crippen LogP contribution in [0.1, 0.15) is 0 Å². The third kappa shape index (κ3) is 2.00. The van der Waals surface area contributed by atoms with E-state index in [-0.39, 0.29) is 5.91 Å². The molecule has 0 aromatic carbocycles. The van der Waals surface area contributed by atoms with Crippen molar-refractivity contribution in [2.75, 3.05) is 25.9 Å². The van der Waals surface area contributed by atoms with Crippen LogP contribution in [0.2, 0.25) is 0 Å². The molecule has 1 rings (SSSR count). The predicted octanol–water partition coefficient (Wildman–Crippen LogP) is 0.759. The van der Waals surface area contributed by atoms with Crippen LogP contribution in [0.15, 0.2) is 0 Å². The maximum Gasteiger partial charge on any atom is 0.246 e. The average Bonchev–Trinajstić information content (AvgIpc) is 1.95. The number of hydrogen-bond acceptors (Lipinski definition) is 3. The van der Waals surface area contributed by atoms with Gasteiger partial charge in [-0.15, -0.1) is 0 Å². The van der Waals surface area contributed by atoms with E-state index in [4.69, 9.17) is 0 Å². The first-order valence-corrected chi connectivity index (χ1v) is 5.14. The van der Waals surface area contributed by atoms with Crippen LogP contribution in [0.5, 0.6) is 0 Å². The lowest BCUT2D eigenvalue weighted by Gasteiger charge is -2.28. The Bertz CT molecular complexity index is 144. The molecular weight excluding hydrogens is 263 g/mol. The second-order valence-electron chi connectivity index (χ2n) is 2.03. The Morgan fingerprint density at radius 2 is 2.30 bits per heavy atom. The largest absolute Gasteiger partial charge is 0.283 e. The highest BCUT2D eigenvalue weighted by molar-refractivity contribution is 14.1. The summed E-state index contributed by atoms with van der Waals surface area (Å²) < 4.78 is 3.81. The first-order chi connectivity index (χ1) is 4.74. The van der Waals surface area contributed by atoms with E-state index in [9.17, 15) is 4.79 Å². The summed E-state index contributed by atoms with van der Waals surface area (Å²) in [5.41, 5.74) is 0. The van der Waals surface area contributed by atoms with Crippen LogP contribution in [0.25, 0.3) is 0 Å². The Morgan fingerprint density at radius 3 is 2.80 bits per heavy atom. The Balaban J connectivity index is 2.41.